The Labute approximate surface area is 169 Å². The minimum atomic E-state index is -0.299. The average Bonchev–Trinajstić information content (AvgIpc) is 3.36. The van der Waals surface area contributed by atoms with E-state index in [9.17, 15) is 4.79 Å². The van der Waals surface area contributed by atoms with E-state index in [1.807, 2.05) is 54.8 Å². The van der Waals surface area contributed by atoms with Crippen LogP contribution in [0.3, 0.4) is 0 Å². The summed E-state index contributed by atoms with van der Waals surface area (Å²) in [5, 5.41) is 3.04. The number of carbonyl (C=O) groups is 1. The highest BCUT2D eigenvalue weighted by molar-refractivity contribution is 7.13. The molecule has 0 radical (unpaired) electrons. The lowest BCUT2D eigenvalue weighted by Crippen LogP contribution is -2.21. The van der Waals surface area contributed by atoms with Crippen LogP contribution in [0.1, 0.15) is 31.0 Å². The molecule has 1 aromatic heterocycles. The van der Waals surface area contributed by atoms with Gasteiger partial charge in [0.05, 0.1) is 17.7 Å². The van der Waals surface area contributed by atoms with Crippen molar-refractivity contribution in [2.75, 3.05) is 6.61 Å². The first-order valence-corrected chi connectivity index (χ1v) is 10.5. The van der Waals surface area contributed by atoms with Gasteiger partial charge in [0.15, 0.2) is 0 Å². The molecule has 3 aromatic rings. The van der Waals surface area contributed by atoms with E-state index in [0.29, 0.717) is 13.2 Å². The third-order valence-corrected chi connectivity index (χ3v) is 5.93. The van der Waals surface area contributed by atoms with Gasteiger partial charge in [0.25, 0.3) is 0 Å². The van der Waals surface area contributed by atoms with Gasteiger partial charge in [-0.25, -0.2) is 4.98 Å². The molecule has 0 amide bonds. The van der Waals surface area contributed by atoms with Crippen LogP contribution in [0.2, 0.25) is 0 Å². The molecule has 1 aliphatic carbocycles. The number of aromatic nitrogens is 1. The Kier molecular flexibility index (Phi) is 5.44. The number of carbonyl (C=O) groups excluding carboxylic acids is 1. The molecule has 0 unspecified atom stereocenters. The molecular weight excluding hydrogens is 370 g/mol. The van der Waals surface area contributed by atoms with E-state index in [-0.39, 0.29) is 11.4 Å². The second-order valence-electron chi connectivity index (χ2n) is 7.12. The van der Waals surface area contributed by atoms with Crippen molar-refractivity contribution in [3.8, 4) is 16.3 Å². The Hall–Kier alpha value is -2.66. The molecule has 0 bridgehead atoms. The third-order valence-electron chi connectivity index (χ3n) is 4.99. The topological polar surface area (TPSA) is 48.4 Å². The van der Waals surface area contributed by atoms with Crippen LogP contribution in [0.25, 0.3) is 10.6 Å². The van der Waals surface area contributed by atoms with Gasteiger partial charge in [0.1, 0.15) is 17.4 Å². The zero-order valence-electron chi connectivity index (χ0n) is 15.9. The van der Waals surface area contributed by atoms with Gasteiger partial charge in [-0.15, -0.1) is 11.3 Å². The Morgan fingerprint density at radius 3 is 2.54 bits per heavy atom. The van der Waals surface area contributed by atoms with Crippen LogP contribution in [0.5, 0.6) is 5.75 Å². The summed E-state index contributed by atoms with van der Waals surface area (Å²) in [7, 11) is 0. The van der Waals surface area contributed by atoms with E-state index in [1.165, 1.54) is 0 Å². The SMILES string of the molecule is CCOC(=O)C1(Cc2ccc(OCc3csc(-c4ccccc4)n3)cc2)CC1. The molecule has 1 heterocycles. The van der Waals surface area contributed by atoms with Gasteiger partial charge >= 0.3 is 5.97 Å². The first kappa shape index (κ1) is 18.7. The van der Waals surface area contributed by atoms with Crippen LogP contribution >= 0.6 is 11.3 Å². The largest absolute Gasteiger partial charge is 0.487 e. The van der Waals surface area contributed by atoms with Crippen LogP contribution in [-0.2, 0) is 22.6 Å². The molecule has 4 rings (SSSR count). The van der Waals surface area contributed by atoms with Crippen molar-refractivity contribution >= 4 is 17.3 Å². The van der Waals surface area contributed by atoms with E-state index in [4.69, 9.17) is 9.47 Å². The number of rotatable bonds is 8. The summed E-state index contributed by atoms with van der Waals surface area (Å²) in [5.74, 6) is 0.743. The van der Waals surface area contributed by atoms with Gasteiger partial charge < -0.3 is 9.47 Å². The maximum absolute atomic E-state index is 12.1. The van der Waals surface area contributed by atoms with Crippen LogP contribution in [-0.4, -0.2) is 17.6 Å². The molecule has 0 atom stereocenters. The zero-order chi connectivity index (χ0) is 19.4. The predicted molar refractivity (Wildman–Crippen MR) is 110 cm³/mol. The molecule has 4 nitrogen and oxygen atoms in total. The van der Waals surface area contributed by atoms with Crippen LogP contribution in [0.15, 0.2) is 60.0 Å². The highest BCUT2D eigenvalue weighted by Gasteiger charge is 2.50. The molecule has 28 heavy (non-hydrogen) atoms. The Bertz CT molecular complexity index is 930. The first-order valence-electron chi connectivity index (χ1n) is 9.57. The van der Waals surface area contributed by atoms with Crippen molar-refractivity contribution < 1.29 is 14.3 Å². The molecule has 0 spiro atoms. The minimum absolute atomic E-state index is 0.0620. The molecule has 0 saturated heterocycles. The summed E-state index contributed by atoms with van der Waals surface area (Å²) in [4.78, 5) is 16.8. The second kappa shape index (κ2) is 8.15. The summed E-state index contributed by atoms with van der Waals surface area (Å²) < 4.78 is 11.1. The van der Waals surface area contributed by atoms with Crippen LogP contribution < -0.4 is 4.74 Å². The number of nitrogens with zero attached hydrogens (tertiary/aromatic N) is 1. The summed E-state index contributed by atoms with van der Waals surface area (Å²) >= 11 is 1.63. The normalized spacial score (nSPS) is 14.5. The lowest BCUT2D eigenvalue weighted by Gasteiger charge is -2.14. The van der Waals surface area contributed by atoms with Crippen LogP contribution in [0, 0.1) is 5.41 Å². The standard InChI is InChI=1S/C23H23NO3S/c1-2-26-22(25)23(12-13-23)14-17-8-10-20(11-9-17)27-15-19-16-28-21(24-19)18-6-4-3-5-7-18/h3-11,16H,2,12-15H2,1H3. The summed E-state index contributed by atoms with van der Waals surface area (Å²) in [6.07, 6.45) is 2.56. The lowest BCUT2D eigenvalue weighted by molar-refractivity contribution is -0.149. The monoisotopic (exact) mass is 393 g/mol. The van der Waals surface area contributed by atoms with Crippen molar-refractivity contribution in [1.82, 2.24) is 4.98 Å². The Balaban J connectivity index is 1.33. The highest BCUT2D eigenvalue weighted by Crippen LogP contribution is 2.49. The van der Waals surface area contributed by atoms with Crippen molar-refractivity contribution in [3.05, 3.63) is 71.2 Å². The average molecular weight is 394 g/mol. The van der Waals surface area contributed by atoms with E-state index >= 15 is 0 Å². The highest BCUT2D eigenvalue weighted by atomic mass is 32.1. The van der Waals surface area contributed by atoms with E-state index in [1.54, 1.807) is 11.3 Å². The fraction of sp³-hybridized carbons (Fsp3) is 0.304. The lowest BCUT2D eigenvalue weighted by atomic mass is 9.96. The van der Waals surface area contributed by atoms with Gasteiger partial charge in [0, 0.05) is 10.9 Å². The molecule has 1 saturated carbocycles. The summed E-state index contributed by atoms with van der Waals surface area (Å²) in [5.41, 5.74) is 2.89. The first-order chi connectivity index (χ1) is 13.7. The van der Waals surface area contributed by atoms with E-state index in [2.05, 4.69) is 17.1 Å². The van der Waals surface area contributed by atoms with Crippen molar-refractivity contribution in [1.29, 1.82) is 0 Å². The van der Waals surface area contributed by atoms with Gasteiger partial charge in [-0.2, -0.15) is 0 Å². The number of hydrogen-bond acceptors (Lipinski definition) is 5. The number of ether oxygens (including phenoxy) is 2. The molecule has 144 valence electrons. The number of esters is 1. The number of thiazole rings is 1. The van der Waals surface area contributed by atoms with E-state index in [0.717, 1.165) is 46.8 Å². The molecule has 1 aliphatic rings. The van der Waals surface area contributed by atoms with Crippen molar-refractivity contribution in [2.45, 2.75) is 32.8 Å². The maximum atomic E-state index is 12.1. The van der Waals surface area contributed by atoms with Gasteiger partial charge in [-0.1, -0.05) is 42.5 Å². The molecule has 5 heteroatoms. The van der Waals surface area contributed by atoms with Crippen molar-refractivity contribution in [3.63, 3.8) is 0 Å². The smallest absolute Gasteiger partial charge is 0.312 e. The summed E-state index contributed by atoms with van der Waals surface area (Å²) in [6, 6.07) is 18.1. The van der Waals surface area contributed by atoms with E-state index < -0.39 is 0 Å². The molecule has 0 aliphatic heterocycles. The quantitative estimate of drug-likeness (QED) is 0.489. The molecular formula is C23H23NO3S. The second-order valence-corrected chi connectivity index (χ2v) is 7.98. The number of hydrogen-bond donors (Lipinski definition) is 0. The number of benzene rings is 2. The maximum Gasteiger partial charge on any atom is 0.312 e. The summed E-state index contributed by atoms with van der Waals surface area (Å²) in [6.45, 7) is 2.73. The van der Waals surface area contributed by atoms with Gasteiger partial charge in [-0.3, -0.25) is 4.79 Å². The predicted octanol–water partition coefficient (Wildman–Crippen LogP) is 5.27. The van der Waals surface area contributed by atoms with Gasteiger partial charge in [-0.05, 0) is 43.9 Å². The fourth-order valence-electron chi connectivity index (χ4n) is 3.23. The Morgan fingerprint density at radius 2 is 1.86 bits per heavy atom. The molecule has 0 N–H and O–H groups in total. The molecule has 2 aromatic carbocycles. The minimum Gasteiger partial charge on any atom is -0.487 e. The zero-order valence-corrected chi connectivity index (χ0v) is 16.7. The Morgan fingerprint density at radius 1 is 1.11 bits per heavy atom. The molecule has 1 fully saturated rings. The third kappa shape index (κ3) is 4.25. The van der Waals surface area contributed by atoms with Gasteiger partial charge in [0.2, 0.25) is 0 Å². The van der Waals surface area contributed by atoms with Crippen LogP contribution in [0.4, 0.5) is 0 Å². The van der Waals surface area contributed by atoms with Crippen molar-refractivity contribution in [2.24, 2.45) is 5.41 Å². The fourth-order valence-corrected chi connectivity index (χ4v) is 4.04.